The molecular formula is C32H40O9. The van der Waals surface area contributed by atoms with E-state index in [2.05, 4.69) is 0 Å². The minimum Gasteiger partial charge on any atom is -0.374 e. The van der Waals surface area contributed by atoms with Crippen molar-refractivity contribution in [1.82, 2.24) is 0 Å². The second-order valence-corrected chi connectivity index (χ2v) is 11.7. The smallest absolute Gasteiger partial charge is 0.190 e. The first-order valence-electron chi connectivity index (χ1n) is 14.3. The number of hydrogen-bond donors (Lipinski definition) is 0. The summed E-state index contributed by atoms with van der Waals surface area (Å²) < 4.78 is 55.9. The van der Waals surface area contributed by atoms with Crippen LogP contribution >= 0.6 is 0 Å². The molecule has 9 nitrogen and oxygen atoms in total. The van der Waals surface area contributed by atoms with Gasteiger partial charge in [-0.05, 0) is 44.9 Å². The Balaban J connectivity index is 1.15. The normalized spacial score (nSPS) is 35.5. The number of fused-ring (bicyclic) bond motifs is 1. The SMILES string of the molecule is CC1(C)O[C@H]2O[C@H]([C@@H]3COC(C)(C)O3)[C@H](O[C@@H]3C=C[C@H](OCc4ccccc4)[C@@H](COCc4ccccc4)O3)[C@H]2O1. The van der Waals surface area contributed by atoms with Crippen molar-refractivity contribution in [2.24, 2.45) is 0 Å². The standard InChI is InChI=1S/C32H40O9/c1-31(2)35-20-25(39-31)27-28(29-30(38-27)41-32(3,4)40-29)37-26-16-15-23(34-18-22-13-9-6-10-14-22)24(36-26)19-33-17-21-11-7-5-8-12-21/h5-16,23-30H,17-20H2,1-4H3/t23-,24+,25-,26+,27+,28-,29+,30+/m0/s1. The molecule has 0 bridgehead atoms. The molecule has 2 aromatic carbocycles. The molecule has 41 heavy (non-hydrogen) atoms. The van der Waals surface area contributed by atoms with Gasteiger partial charge in [0.15, 0.2) is 24.2 Å². The van der Waals surface area contributed by atoms with Crippen molar-refractivity contribution < 1.29 is 42.6 Å². The number of benzene rings is 2. The van der Waals surface area contributed by atoms with Crippen molar-refractivity contribution in [2.45, 2.75) is 102 Å². The Morgan fingerprint density at radius 2 is 1.46 bits per heavy atom. The first-order valence-corrected chi connectivity index (χ1v) is 14.3. The van der Waals surface area contributed by atoms with Crippen LogP contribution in [0, 0.1) is 0 Å². The maximum atomic E-state index is 6.57. The van der Waals surface area contributed by atoms with E-state index in [4.69, 9.17) is 42.6 Å². The Bertz CT molecular complexity index is 1150. The molecule has 2 aromatic rings. The zero-order chi connectivity index (χ0) is 28.5. The summed E-state index contributed by atoms with van der Waals surface area (Å²) in [5.74, 6) is -1.50. The molecule has 0 saturated carbocycles. The Hall–Kier alpha value is -2.18. The van der Waals surface area contributed by atoms with Gasteiger partial charge in [0.05, 0.1) is 26.4 Å². The predicted molar refractivity (Wildman–Crippen MR) is 147 cm³/mol. The van der Waals surface area contributed by atoms with E-state index in [0.29, 0.717) is 26.4 Å². The zero-order valence-corrected chi connectivity index (χ0v) is 24.0. The van der Waals surface area contributed by atoms with Gasteiger partial charge in [0.25, 0.3) is 0 Å². The van der Waals surface area contributed by atoms with Gasteiger partial charge in [0, 0.05) is 0 Å². The van der Waals surface area contributed by atoms with Crippen molar-refractivity contribution in [1.29, 1.82) is 0 Å². The topological polar surface area (TPSA) is 83.1 Å². The number of rotatable bonds is 10. The van der Waals surface area contributed by atoms with Crippen molar-refractivity contribution >= 4 is 0 Å². The van der Waals surface area contributed by atoms with Crippen LogP contribution in [-0.4, -0.2) is 74.0 Å². The summed E-state index contributed by atoms with van der Waals surface area (Å²) in [6, 6.07) is 20.1. The zero-order valence-electron chi connectivity index (χ0n) is 24.0. The monoisotopic (exact) mass is 568 g/mol. The van der Waals surface area contributed by atoms with Gasteiger partial charge in [-0.3, -0.25) is 0 Å². The third-order valence-electron chi connectivity index (χ3n) is 7.53. The van der Waals surface area contributed by atoms with Crippen LogP contribution in [0.5, 0.6) is 0 Å². The number of hydrogen-bond acceptors (Lipinski definition) is 9. The van der Waals surface area contributed by atoms with Crippen LogP contribution in [0.25, 0.3) is 0 Å². The molecule has 222 valence electrons. The van der Waals surface area contributed by atoms with Crippen molar-refractivity contribution in [2.75, 3.05) is 13.2 Å². The van der Waals surface area contributed by atoms with Crippen molar-refractivity contribution in [3.63, 3.8) is 0 Å². The fourth-order valence-electron chi connectivity index (χ4n) is 5.62. The molecule has 6 rings (SSSR count). The van der Waals surface area contributed by atoms with Gasteiger partial charge in [0.2, 0.25) is 0 Å². The fourth-order valence-corrected chi connectivity index (χ4v) is 5.62. The van der Waals surface area contributed by atoms with E-state index in [1.165, 1.54) is 0 Å². The average molecular weight is 569 g/mol. The Morgan fingerprint density at radius 1 is 0.756 bits per heavy atom. The van der Waals surface area contributed by atoms with E-state index in [9.17, 15) is 0 Å². The maximum Gasteiger partial charge on any atom is 0.190 e. The summed E-state index contributed by atoms with van der Waals surface area (Å²) >= 11 is 0. The summed E-state index contributed by atoms with van der Waals surface area (Å²) in [5.41, 5.74) is 2.18. The highest BCUT2D eigenvalue weighted by atomic mass is 16.9. The molecule has 0 amide bonds. The molecule has 3 fully saturated rings. The molecule has 8 atom stereocenters. The Kier molecular flexibility index (Phi) is 8.61. The van der Waals surface area contributed by atoms with Crippen molar-refractivity contribution in [3.05, 3.63) is 83.9 Å². The molecule has 0 spiro atoms. The molecule has 9 heteroatoms. The Labute approximate surface area is 241 Å². The molecule has 0 N–H and O–H groups in total. The van der Waals surface area contributed by atoms with E-state index in [-0.39, 0.29) is 12.2 Å². The summed E-state index contributed by atoms with van der Waals surface area (Å²) in [6.45, 7) is 9.14. The summed E-state index contributed by atoms with van der Waals surface area (Å²) in [6.07, 6.45) is 0.166. The molecule has 0 aliphatic carbocycles. The highest BCUT2D eigenvalue weighted by Crippen LogP contribution is 2.42. The molecule has 3 saturated heterocycles. The number of ether oxygens (including phenoxy) is 9. The molecule has 4 aliphatic heterocycles. The van der Waals surface area contributed by atoms with E-state index < -0.39 is 48.6 Å². The highest BCUT2D eigenvalue weighted by molar-refractivity contribution is 5.15. The van der Waals surface area contributed by atoms with Crippen LogP contribution in [0.2, 0.25) is 0 Å². The van der Waals surface area contributed by atoms with Crippen LogP contribution in [-0.2, 0) is 55.8 Å². The van der Waals surface area contributed by atoms with Gasteiger partial charge in [-0.25, -0.2) is 0 Å². The van der Waals surface area contributed by atoms with Crippen LogP contribution in [0.3, 0.4) is 0 Å². The van der Waals surface area contributed by atoms with Gasteiger partial charge in [-0.1, -0.05) is 66.7 Å². The second kappa shape index (κ2) is 12.2. The van der Waals surface area contributed by atoms with E-state index in [1.807, 2.05) is 101 Å². The predicted octanol–water partition coefficient (Wildman–Crippen LogP) is 4.48. The van der Waals surface area contributed by atoms with Crippen LogP contribution < -0.4 is 0 Å². The lowest BCUT2D eigenvalue weighted by atomic mass is 10.1. The lowest BCUT2D eigenvalue weighted by Crippen LogP contribution is -2.48. The summed E-state index contributed by atoms with van der Waals surface area (Å²) in [7, 11) is 0. The first kappa shape index (κ1) is 28.9. The van der Waals surface area contributed by atoms with E-state index >= 15 is 0 Å². The van der Waals surface area contributed by atoms with Crippen LogP contribution in [0.1, 0.15) is 38.8 Å². The lowest BCUT2D eigenvalue weighted by molar-refractivity contribution is -0.261. The fraction of sp³-hybridized carbons (Fsp3) is 0.562. The maximum absolute atomic E-state index is 6.57. The third kappa shape index (κ3) is 7.07. The molecular weight excluding hydrogens is 528 g/mol. The van der Waals surface area contributed by atoms with Gasteiger partial charge >= 0.3 is 0 Å². The summed E-state index contributed by atoms with van der Waals surface area (Å²) in [5, 5.41) is 0. The Morgan fingerprint density at radius 3 is 2.15 bits per heavy atom. The van der Waals surface area contributed by atoms with Gasteiger partial charge in [-0.15, -0.1) is 0 Å². The highest BCUT2D eigenvalue weighted by Gasteiger charge is 2.59. The minimum absolute atomic E-state index is 0.313. The first-order chi connectivity index (χ1) is 19.7. The third-order valence-corrected chi connectivity index (χ3v) is 7.53. The van der Waals surface area contributed by atoms with Gasteiger partial charge < -0.3 is 42.6 Å². The molecule has 4 aliphatic rings. The molecule has 0 radical (unpaired) electrons. The average Bonchev–Trinajstić information content (AvgIpc) is 3.58. The van der Waals surface area contributed by atoms with Gasteiger partial charge in [0.1, 0.15) is 36.6 Å². The van der Waals surface area contributed by atoms with Crippen LogP contribution in [0.4, 0.5) is 0 Å². The minimum atomic E-state index is -0.790. The van der Waals surface area contributed by atoms with Crippen LogP contribution in [0.15, 0.2) is 72.8 Å². The van der Waals surface area contributed by atoms with E-state index in [1.54, 1.807) is 0 Å². The summed E-state index contributed by atoms with van der Waals surface area (Å²) in [4.78, 5) is 0. The second-order valence-electron chi connectivity index (χ2n) is 11.7. The van der Waals surface area contributed by atoms with Crippen molar-refractivity contribution in [3.8, 4) is 0 Å². The van der Waals surface area contributed by atoms with Gasteiger partial charge in [-0.2, -0.15) is 0 Å². The quantitative estimate of drug-likeness (QED) is 0.385. The molecule has 0 unspecified atom stereocenters. The lowest BCUT2D eigenvalue weighted by Gasteiger charge is -2.35. The molecule has 0 aromatic heterocycles. The van der Waals surface area contributed by atoms with E-state index in [0.717, 1.165) is 11.1 Å². The largest absolute Gasteiger partial charge is 0.374 e. The molecule has 4 heterocycles.